The molecular formula is C22H30N2O2. The summed E-state index contributed by atoms with van der Waals surface area (Å²) < 4.78 is 11.5. The predicted octanol–water partition coefficient (Wildman–Crippen LogP) is 3.67. The highest BCUT2D eigenvalue weighted by Gasteiger charge is 2.19. The molecule has 1 atom stereocenters. The van der Waals surface area contributed by atoms with E-state index in [0.29, 0.717) is 6.61 Å². The third-order valence-corrected chi connectivity index (χ3v) is 4.70. The Balaban J connectivity index is 1.39. The van der Waals surface area contributed by atoms with E-state index < -0.39 is 0 Å². The summed E-state index contributed by atoms with van der Waals surface area (Å²) in [5.41, 5.74) is 1.40. The summed E-state index contributed by atoms with van der Waals surface area (Å²) in [7, 11) is 0. The standard InChI is InChI=1S/C22H30N2O2/c1-3-25-21-9-11-22(12-10-21)26-19(2)17-23-13-15-24(16-14-23)18-20-7-5-4-6-8-20/h4-12,19H,3,13-18H2,1-2H3. The van der Waals surface area contributed by atoms with Crippen LogP contribution in [0.3, 0.4) is 0 Å². The van der Waals surface area contributed by atoms with E-state index in [1.165, 1.54) is 5.56 Å². The van der Waals surface area contributed by atoms with Gasteiger partial charge in [-0.05, 0) is 43.7 Å². The van der Waals surface area contributed by atoms with Crippen LogP contribution in [0.2, 0.25) is 0 Å². The first kappa shape index (κ1) is 18.7. The van der Waals surface area contributed by atoms with Gasteiger partial charge < -0.3 is 9.47 Å². The average Bonchev–Trinajstić information content (AvgIpc) is 2.66. The van der Waals surface area contributed by atoms with Crippen LogP contribution < -0.4 is 9.47 Å². The van der Waals surface area contributed by atoms with Gasteiger partial charge in [-0.1, -0.05) is 30.3 Å². The summed E-state index contributed by atoms with van der Waals surface area (Å²) in [6.45, 7) is 11.3. The van der Waals surface area contributed by atoms with Crippen molar-refractivity contribution < 1.29 is 9.47 Å². The van der Waals surface area contributed by atoms with E-state index in [0.717, 1.165) is 50.8 Å². The van der Waals surface area contributed by atoms with Crippen molar-refractivity contribution in [3.8, 4) is 11.5 Å². The van der Waals surface area contributed by atoms with E-state index in [9.17, 15) is 0 Å². The molecule has 1 saturated heterocycles. The molecule has 4 heteroatoms. The minimum atomic E-state index is 0.175. The van der Waals surface area contributed by atoms with Crippen molar-refractivity contribution in [3.63, 3.8) is 0 Å². The molecule has 1 aliphatic rings. The van der Waals surface area contributed by atoms with Crippen LogP contribution in [0, 0.1) is 0 Å². The van der Waals surface area contributed by atoms with E-state index in [4.69, 9.17) is 9.47 Å². The smallest absolute Gasteiger partial charge is 0.120 e. The molecule has 4 nitrogen and oxygen atoms in total. The monoisotopic (exact) mass is 354 g/mol. The highest BCUT2D eigenvalue weighted by Crippen LogP contribution is 2.19. The summed E-state index contributed by atoms with van der Waals surface area (Å²) >= 11 is 0. The van der Waals surface area contributed by atoms with Crippen LogP contribution in [-0.2, 0) is 6.54 Å². The van der Waals surface area contributed by atoms with Crippen LogP contribution in [0.15, 0.2) is 54.6 Å². The molecule has 0 saturated carbocycles. The van der Waals surface area contributed by atoms with Crippen LogP contribution in [0.25, 0.3) is 0 Å². The van der Waals surface area contributed by atoms with Crippen molar-refractivity contribution >= 4 is 0 Å². The molecule has 1 unspecified atom stereocenters. The van der Waals surface area contributed by atoms with Gasteiger partial charge in [0.2, 0.25) is 0 Å². The van der Waals surface area contributed by atoms with Crippen LogP contribution in [0.1, 0.15) is 19.4 Å². The van der Waals surface area contributed by atoms with Crippen molar-refractivity contribution in [3.05, 3.63) is 60.2 Å². The summed E-state index contributed by atoms with van der Waals surface area (Å²) in [6, 6.07) is 18.6. The fourth-order valence-corrected chi connectivity index (χ4v) is 3.39. The molecule has 2 aromatic rings. The maximum Gasteiger partial charge on any atom is 0.120 e. The van der Waals surface area contributed by atoms with E-state index in [2.05, 4.69) is 47.1 Å². The lowest BCUT2D eigenvalue weighted by Crippen LogP contribution is -2.48. The summed E-state index contributed by atoms with van der Waals surface area (Å²) in [6.07, 6.45) is 0.175. The number of rotatable bonds is 8. The quantitative estimate of drug-likeness (QED) is 0.722. The van der Waals surface area contributed by atoms with Gasteiger partial charge in [-0.25, -0.2) is 0 Å². The van der Waals surface area contributed by atoms with E-state index >= 15 is 0 Å². The van der Waals surface area contributed by atoms with Gasteiger partial charge in [0.15, 0.2) is 0 Å². The third kappa shape index (κ3) is 5.75. The summed E-state index contributed by atoms with van der Waals surface area (Å²) in [4.78, 5) is 5.03. The average molecular weight is 354 g/mol. The van der Waals surface area contributed by atoms with Crippen LogP contribution >= 0.6 is 0 Å². The Morgan fingerprint density at radius 2 is 1.46 bits per heavy atom. The molecular weight excluding hydrogens is 324 g/mol. The summed E-state index contributed by atoms with van der Waals surface area (Å²) in [5, 5.41) is 0. The molecule has 0 amide bonds. The molecule has 3 rings (SSSR count). The first-order valence-corrected chi connectivity index (χ1v) is 9.61. The molecule has 0 spiro atoms. The van der Waals surface area contributed by atoms with Crippen molar-refractivity contribution in [1.29, 1.82) is 0 Å². The Morgan fingerprint density at radius 3 is 2.12 bits per heavy atom. The Labute approximate surface area is 157 Å². The minimum Gasteiger partial charge on any atom is -0.494 e. The van der Waals surface area contributed by atoms with Gasteiger partial charge in [-0.2, -0.15) is 0 Å². The van der Waals surface area contributed by atoms with Gasteiger partial charge in [-0.3, -0.25) is 9.80 Å². The van der Waals surface area contributed by atoms with Gasteiger partial charge in [-0.15, -0.1) is 0 Å². The molecule has 0 aliphatic carbocycles. The Bertz CT molecular complexity index is 637. The normalized spacial score (nSPS) is 17.0. The molecule has 2 aromatic carbocycles. The molecule has 1 aliphatic heterocycles. The number of piperazine rings is 1. The molecule has 0 bridgehead atoms. The second kappa shape index (κ2) is 9.60. The lowest BCUT2D eigenvalue weighted by molar-refractivity contribution is 0.0873. The van der Waals surface area contributed by atoms with Gasteiger partial charge >= 0.3 is 0 Å². The maximum absolute atomic E-state index is 6.06. The van der Waals surface area contributed by atoms with Crippen molar-refractivity contribution in [2.24, 2.45) is 0 Å². The van der Waals surface area contributed by atoms with Gasteiger partial charge in [0, 0.05) is 39.3 Å². The first-order chi connectivity index (χ1) is 12.7. The first-order valence-electron chi connectivity index (χ1n) is 9.61. The number of ether oxygens (including phenoxy) is 2. The van der Waals surface area contributed by atoms with E-state index in [1.807, 2.05) is 31.2 Å². The second-order valence-electron chi connectivity index (χ2n) is 6.90. The fraction of sp³-hybridized carbons (Fsp3) is 0.455. The lowest BCUT2D eigenvalue weighted by atomic mass is 10.2. The molecule has 1 heterocycles. The zero-order valence-corrected chi connectivity index (χ0v) is 15.9. The number of benzene rings is 2. The molecule has 0 radical (unpaired) electrons. The predicted molar refractivity (Wildman–Crippen MR) is 106 cm³/mol. The molecule has 0 N–H and O–H groups in total. The topological polar surface area (TPSA) is 24.9 Å². The molecule has 1 fully saturated rings. The van der Waals surface area contributed by atoms with Gasteiger partial charge in [0.25, 0.3) is 0 Å². The van der Waals surface area contributed by atoms with Crippen LogP contribution in [-0.4, -0.2) is 55.2 Å². The van der Waals surface area contributed by atoms with Crippen LogP contribution in [0.4, 0.5) is 0 Å². The highest BCUT2D eigenvalue weighted by atomic mass is 16.5. The van der Waals surface area contributed by atoms with E-state index in [1.54, 1.807) is 0 Å². The van der Waals surface area contributed by atoms with Crippen molar-refractivity contribution in [2.75, 3.05) is 39.3 Å². The van der Waals surface area contributed by atoms with Gasteiger partial charge in [0.05, 0.1) is 6.61 Å². The minimum absolute atomic E-state index is 0.175. The molecule has 0 aromatic heterocycles. The Morgan fingerprint density at radius 1 is 0.846 bits per heavy atom. The zero-order chi connectivity index (χ0) is 18.2. The van der Waals surface area contributed by atoms with E-state index in [-0.39, 0.29) is 6.10 Å². The van der Waals surface area contributed by atoms with Crippen molar-refractivity contribution in [1.82, 2.24) is 9.80 Å². The largest absolute Gasteiger partial charge is 0.494 e. The lowest BCUT2D eigenvalue weighted by Gasteiger charge is -2.35. The molecule has 26 heavy (non-hydrogen) atoms. The summed E-state index contributed by atoms with van der Waals surface area (Å²) in [5.74, 6) is 1.80. The number of hydrogen-bond acceptors (Lipinski definition) is 4. The third-order valence-electron chi connectivity index (χ3n) is 4.70. The van der Waals surface area contributed by atoms with Crippen molar-refractivity contribution in [2.45, 2.75) is 26.5 Å². The van der Waals surface area contributed by atoms with Crippen LogP contribution in [0.5, 0.6) is 11.5 Å². The Hall–Kier alpha value is -2.04. The number of hydrogen-bond donors (Lipinski definition) is 0. The molecule has 140 valence electrons. The fourth-order valence-electron chi connectivity index (χ4n) is 3.39. The highest BCUT2D eigenvalue weighted by molar-refractivity contribution is 5.31. The Kier molecular flexibility index (Phi) is 6.92. The number of nitrogens with zero attached hydrogens (tertiary/aromatic N) is 2. The zero-order valence-electron chi connectivity index (χ0n) is 15.9. The maximum atomic E-state index is 6.06. The SMILES string of the molecule is CCOc1ccc(OC(C)CN2CCN(Cc3ccccc3)CC2)cc1. The van der Waals surface area contributed by atoms with Gasteiger partial charge in [0.1, 0.15) is 17.6 Å². The second-order valence-corrected chi connectivity index (χ2v) is 6.90.